The molecule has 2 heterocycles. The Balaban J connectivity index is 1.51. The number of benzene rings is 1. The first kappa shape index (κ1) is 17.0. The van der Waals surface area contributed by atoms with Crippen molar-refractivity contribution in [3.8, 4) is 0 Å². The van der Waals surface area contributed by atoms with Gasteiger partial charge in [-0.15, -0.1) is 11.3 Å². The lowest BCUT2D eigenvalue weighted by Gasteiger charge is -2.01. The zero-order valence-electron chi connectivity index (χ0n) is 15.2. The number of thiazole rings is 1. The number of aryl methyl sites for hydroxylation is 3. The highest BCUT2D eigenvalue weighted by Gasteiger charge is 2.31. The van der Waals surface area contributed by atoms with E-state index >= 15 is 0 Å². The molecule has 0 unspecified atom stereocenters. The van der Waals surface area contributed by atoms with Crippen LogP contribution >= 0.6 is 11.3 Å². The molecule has 0 atom stereocenters. The molecule has 1 aliphatic carbocycles. The Kier molecular flexibility index (Phi) is 4.36. The maximum atomic E-state index is 12.7. The van der Waals surface area contributed by atoms with Gasteiger partial charge in [0.1, 0.15) is 0 Å². The van der Waals surface area contributed by atoms with Crippen molar-refractivity contribution in [2.75, 3.05) is 5.32 Å². The Labute approximate surface area is 157 Å². The van der Waals surface area contributed by atoms with E-state index in [0.29, 0.717) is 16.6 Å². The van der Waals surface area contributed by atoms with Crippen LogP contribution in [0.1, 0.15) is 56.5 Å². The highest BCUT2D eigenvalue weighted by molar-refractivity contribution is 7.15. The lowest BCUT2D eigenvalue weighted by atomic mass is 10.1. The van der Waals surface area contributed by atoms with Gasteiger partial charge in [-0.1, -0.05) is 29.8 Å². The van der Waals surface area contributed by atoms with Gasteiger partial charge in [0.15, 0.2) is 5.13 Å². The maximum Gasteiger partial charge on any atom is 0.260 e. The topological polar surface area (TPSA) is 59.8 Å². The van der Waals surface area contributed by atoms with Crippen LogP contribution in [-0.2, 0) is 13.5 Å². The van der Waals surface area contributed by atoms with Crippen molar-refractivity contribution in [1.29, 1.82) is 0 Å². The number of hydrogen-bond acceptors (Lipinski definition) is 4. The van der Waals surface area contributed by atoms with Gasteiger partial charge in [0.2, 0.25) is 0 Å². The minimum absolute atomic E-state index is 0.115. The molecule has 1 aliphatic rings. The largest absolute Gasteiger partial charge is 0.298 e. The van der Waals surface area contributed by atoms with Crippen molar-refractivity contribution in [3.05, 3.63) is 63.4 Å². The monoisotopic (exact) mass is 366 g/mol. The summed E-state index contributed by atoms with van der Waals surface area (Å²) < 4.78 is 1.72. The van der Waals surface area contributed by atoms with Crippen molar-refractivity contribution in [2.24, 2.45) is 7.05 Å². The van der Waals surface area contributed by atoms with Gasteiger partial charge in [0, 0.05) is 30.5 Å². The number of hydrogen-bond donors (Lipinski definition) is 1. The summed E-state index contributed by atoms with van der Waals surface area (Å²) in [4.78, 5) is 18.4. The van der Waals surface area contributed by atoms with Gasteiger partial charge >= 0.3 is 0 Å². The molecule has 1 amide bonds. The summed E-state index contributed by atoms with van der Waals surface area (Å²) >= 11 is 1.55. The van der Waals surface area contributed by atoms with Crippen LogP contribution in [0, 0.1) is 13.8 Å². The fourth-order valence-electron chi connectivity index (χ4n) is 3.16. The van der Waals surface area contributed by atoms with E-state index in [1.807, 2.05) is 14.0 Å². The summed E-state index contributed by atoms with van der Waals surface area (Å²) in [7, 11) is 1.86. The van der Waals surface area contributed by atoms with Gasteiger partial charge in [0.05, 0.1) is 17.0 Å². The average molecular weight is 366 g/mol. The van der Waals surface area contributed by atoms with Gasteiger partial charge in [-0.05, 0) is 32.3 Å². The van der Waals surface area contributed by atoms with E-state index in [1.54, 1.807) is 22.2 Å². The second kappa shape index (κ2) is 6.68. The number of carbonyl (C=O) groups is 1. The van der Waals surface area contributed by atoms with Crippen LogP contribution in [0.15, 0.2) is 30.5 Å². The van der Waals surface area contributed by atoms with E-state index in [9.17, 15) is 4.79 Å². The number of nitrogens with one attached hydrogen (secondary N) is 1. The third kappa shape index (κ3) is 3.55. The normalized spacial score (nSPS) is 13.8. The lowest BCUT2D eigenvalue weighted by molar-refractivity contribution is 0.102. The van der Waals surface area contributed by atoms with Crippen LogP contribution < -0.4 is 5.32 Å². The first-order chi connectivity index (χ1) is 12.5. The molecule has 0 radical (unpaired) electrons. The predicted octanol–water partition coefficient (Wildman–Crippen LogP) is 4.21. The Bertz CT molecular complexity index is 968. The highest BCUT2D eigenvalue weighted by atomic mass is 32.1. The van der Waals surface area contributed by atoms with Crippen LogP contribution in [0.2, 0.25) is 0 Å². The first-order valence-corrected chi connectivity index (χ1v) is 9.68. The summed E-state index contributed by atoms with van der Waals surface area (Å²) in [6.07, 6.45) is 4.88. The molecular formula is C20H22N4OS. The molecule has 1 saturated carbocycles. The molecule has 3 aromatic rings. The molecule has 0 saturated heterocycles. The van der Waals surface area contributed by atoms with Crippen LogP contribution in [0.5, 0.6) is 0 Å². The molecule has 5 nitrogen and oxygen atoms in total. The molecule has 26 heavy (non-hydrogen) atoms. The fourth-order valence-corrected chi connectivity index (χ4v) is 4.15. The molecule has 0 spiro atoms. The quantitative estimate of drug-likeness (QED) is 0.736. The molecule has 1 fully saturated rings. The van der Waals surface area contributed by atoms with Crippen LogP contribution in [-0.4, -0.2) is 20.7 Å². The first-order valence-electron chi connectivity index (χ1n) is 8.86. The molecule has 1 aromatic carbocycles. The van der Waals surface area contributed by atoms with E-state index in [4.69, 9.17) is 0 Å². The Morgan fingerprint density at radius 2 is 2.15 bits per heavy atom. The Morgan fingerprint density at radius 3 is 2.88 bits per heavy atom. The van der Waals surface area contributed by atoms with E-state index < -0.39 is 0 Å². The third-order valence-corrected chi connectivity index (χ3v) is 5.70. The summed E-state index contributed by atoms with van der Waals surface area (Å²) in [6, 6.07) is 8.49. The molecule has 134 valence electrons. The van der Waals surface area contributed by atoms with Crippen molar-refractivity contribution in [2.45, 2.75) is 39.0 Å². The molecular weight excluding hydrogens is 344 g/mol. The van der Waals surface area contributed by atoms with E-state index in [-0.39, 0.29) is 5.91 Å². The summed E-state index contributed by atoms with van der Waals surface area (Å²) in [6.45, 7) is 4.09. The SMILES string of the molecule is Cc1cccc(Cc2sc(NC(=O)c3cn(C)nc3C3CC3)nc2C)c1. The third-order valence-electron chi connectivity index (χ3n) is 4.63. The smallest absolute Gasteiger partial charge is 0.260 e. The van der Waals surface area contributed by atoms with E-state index in [2.05, 4.69) is 46.6 Å². The molecule has 0 aliphatic heterocycles. The predicted molar refractivity (Wildman–Crippen MR) is 104 cm³/mol. The van der Waals surface area contributed by atoms with Crippen LogP contribution in [0.3, 0.4) is 0 Å². The fraction of sp³-hybridized carbons (Fsp3) is 0.350. The van der Waals surface area contributed by atoms with E-state index in [0.717, 1.165) is 30.7 Å². The highest BCUT2D eigenvalue weighted by Crippen LogP contribution is 2.40. The second-order valence-electron chi connectivity index (χ2n) is 7.02. The number of aromatic nitrogens is 3. The van der Waals surface area contributed by atoms with Crippen molar-refractivity contribution >= 4 is 22.4 Å². The van der Waals surface area contributed by atoms with E-state index in [1.165, 1.54) is 16.0 Å². The van der Waals surface area contributed by atoms with Crippen molar-refractivity contribution in [3.63, 3.8) is 0 Å². The van der Waals surface area contributed by atoms with Crippen molar-refractivity contribution in [1.82, 2.24) is 14.8 Å². The average Bonchev–Trinajstić information content (AvgIpc) is 3.27. The van der Waals surface area contributed by atoms with Gasteiger partial charge in [-0.2, -0.15) is 5.10 Å². The number of nitrogens with zero attached hydrogens (tertiary/aromatic N) is 3. The molecule has 4 rings (SSSR count). The number of amides is 1. The molecule has 1 N–H and O–H groups in total. The van der Waals surface area contributed by atoms with Crippen LogP contribution in [0.25, 0.3) is 0 Å². The molecule has 0 bridgehead atoms. The van der Waals surface area contributed by atoms with Crippen LogP contribution in [0.4, 0.5) is 5.13 Å². The maximum absolute atomic E-state index is 12.7. The zero-order valence-corrected chi connectivity index (χ0v) is 16.1. The number of anilines is 1. The second-order valence-corrected chi connectivity index (χ2v) is 8.11. The zero-order chi connectivity index (χ0) is 18.3. The lowest BCUT2D eigenvalue weighted by Crippen LogP contribution is -2.12. The van der Waals surface area contributed by atoms with Crippen molar-refractivity contribution < 1.29 is 4.79 Å². The Morgan fingerprint density at radius 1 is 1.35 bits per heavy atom. The molecule has 6 heteroatoms. The minimum atomic E-state index is -0.115. The Hall–Kier alpha value is -2.47. The standard InChI is InChI=1S/C20H22N4OS/c1-12-5-4-6-14(9-12)10-17-13(2)21-20(26-17)22-19(25)16-11-24(3)23-18(16)15-7-8-15/h4-6,9,11,15H,7-8,10H2,1-3H3,(H,21,22,25). The molecule has 2 aromatic heterocycles. The summed E-state index contributed by atoms with van der Waals surface area (Å²) in [5.74, 6) is 0.322. The summed E-state index contributed by atoms with van der Waals surface area (Å²) in [5, 5.41) is 8.08. The van der Waals surface area contributed by atoms with Gasteiger partial charge in [-0.3, -0.25) is 14.8 Å². The minimum Gasteiger partial charge on any atom is -0.298 e. The summed E-state index contributed by atoms with van der Waals surface area (Å²) in [5.41, 5.74) is 5.07. The number of rotatable bonds is 5. The van der Waals surface area contributed by atoms with Gasteiger partial charge in [0.25, 0.3) is 5.91 Å². The van der Waals surface area contributed by atoms with Gasteiger partial charge in [-0.25, -0.2) is 4.98 Å². The number of carbonyl (C=O) groups excluding carboxylic acids is 1. The van der Waals surface area contributed by atoms with Gasteiger partial charge < -0.3 is 0 Å².